The van der Waals surface area contributed by atoms with Crippen molar-refractivity contribution < 1.29 is 17.6 Å². The number of benzene rings is 1. The number of allylic oxidation sites excluding steroid dienone is 2. The van der Waals surface area contributed by atoms with Crippen LogP contribution >= 0.6 is 0 Å². The third-order valence-corrected chi connectivity index (χ3v) is 5.14. The van der Waals surface area contributed by atoms with Crippen LogP contribution in [0.5, 0.6) is 0 Å². The van der Waals surface area contributed by atoms with Crippen molar-refractivity contribution >= 4 is 12.2 Å². The first-order valence-electron chi connectivity index (χ1n) is 9.61. The molecule has 26 heavy (non-hydrogen) atoms. The highest BCUT2D eigenvalue weighted by molar-refractivity contribution is 5.57. The van der Waals surface area contributed by atoms with Gasteiger partial charge in [0.25, 0.3) is 0 Å². The maximum atomic E-state index is 13.9. The molecule has 0 N–H and O–H groups in total. The maximum absolute atomic E-state index is 13.9. The van der Waals surface area contributed by atoms with Crippen molar-refractivity contribution in [3.05, 3.63) is 47.3 Å². The second-order valence-corrected chi connectivity index (χ2v) is 7.29. The molecule has 0 amide bonds. The molecule has 1 aromatic carbocycles. The molecule has 1 aliphatic carbocycles. The van der Waals surface area contributed by atoms with Gasteiger partial charge >= 0.3 is 6.18 Å². The zero-order valence-corrected chi connectivity index (χ0v) is 15.4. The van der Waals surface area contributed by atoms with E-state index in [2.05, 4.69) is 13.0 Å². The molecule has 1 aromatic rings. The van der Waals surface area contributed by atoms with Gasteiger partial charge in [0.2, 0.25) is 0 Å². The molecule has 0 aliphatic heterocycles. The third-order valence-electron chi connectivity index (χ3n) is 5.14. The normalized spacial score (nSPS) is 21.7. The molecule has 0 heterocycles. The van der Waals surface area contributed by atoms with Crippen LogP contribution < -0.4 is 0 Å². The summed E-state index contributed by atoms with van der Waals surface area (Å²) in [5.41, 5.74) is 0.642. The Morgan fingerprint density at radius 3 is 2.38 bits per heavy atom. The van der Waals surface area contributed by atoms with Gasteiger partial charge in [0.05, 0.1) is 0 Å². The van der Waals surface area contributed by atoms with Crippen molar-refractivity contribution in [2.75, 3.05) is 0 Å². The van der Waals surface area contributed by atoms with Crippen molar-refractivity contribution in [2.45, 2.75) is 64.5 Å². The van der Waals surface area contributed by atoms with E-state index in [1.807, 2.05) is 6.08 Å². The average molecular weight is 368 g/mol. The van der Waals surface area contributed by atoms with E-state index in [0.717, 1.165) is 12.0 Å². The highest BCUT2D eigenvalue weighted by atomic mass is 19.4. The predicted molar refractivity (Wildman–Crippen MR) is 100 cm³/mol. The Balaban J connectivity index is 1.85. The molecule has 0 unspecified atom stereocenters. The first-order chi connectivity index (χ1) is 12.4. The largest absolute Gasteiger partial charge is 0.409 e. The van der Waals surface area contributed by atoms with Crippen LogP contribution in [0, 0.1) is 17.7 Å². The Labute approximate surface area is 154 Å². The minimum atomic E-state index is -4.43. The number of hydrogen-bond acceptors (Lipinski definition) is 0. The van der Waals surface area contributed by atoms with Gasteiger partial charge in [-0.05, 0) is 55.2 Å². The molecule has 0 atom stereocenters. The molecular weight excluding hydrogens is 340 g/mol. The molecule has 144 valence electrons. The van der Waals surface area contributed by atoms with Crippen molar-refractivity contribution in [3.63, 3.8) is 0 Å². The Bertz CT molecular complexity index is 605. The smallest absolute Gasteiger partial charge is 0.206 e. The van der Waals surface area contributed by atoms with Crippen molar-refractivity contribution in [1.82, 2.24) is 0 Å². The van der Waals surface area contributed by atoms with Crippen LogP contribution in [-0.2, 0) is 0 Å². The number of alkyl halides is 3. The quantitative estimate of drug-likeness (QED) is 0.340. The van der Waals surface area contributed by atoms with Gasteiger partial charge in [-0.1, -0.05) is 56.9 Å². The molecule has 2 rings (SSSR count). The standard InChI is InChI=1S/C22H28F4/c1-2-3-4-5-17-6-8-18(9-7-17)10-11-19-12-13-20(21(23)16-19)14-15-22(24,25)26/h10-18H,2-9H2,1H3. The number of hydrogen-bond donors (Lipinski definition) is 0. The van der Waals surface area contributed by atoms with Gasteiger partial charge < -0.3 is 0 Å². The predicted octanol–water partition coefficient (Wildman–Crippen LogP) is 7.80. The minimum absolute atomic E-state index is 0.0490. The van der Waals surface area contributed by atoms with Crippen molar-refractivity contribution in [1.29, 1.82) is 0 Å². The SMILES string of the molecule is CCCCCC1CCC(C=Cc2ccc(C=CC(F)(F)F)c(F)c2)CC1. The summed E-state index contributed by atoms with van der Waals surface area (Å²) in [6, 6.07) is 4.34. The Morgan fingerprint density at radius 2 is 1.77 bits per heavy atom. The Morgan fingerprint density at radius 1 is 1.04 bits per heavy atom. The molecule has 4 heteroatoms. The van der Waals surface area contributed by atoms with E-state index in [-0.39, 0.29) is 11.6 Å². The van der Waals surface area contributed by atoms with Crippen LogP contribution in [0.15, 0.2) is 30.4 Å². The lowest BCUT2D eigenvalue weighted by Crippen LogP contribution is -2.12. The third kappa shape index (κ3) is 7.35. The minimum Gasteiger partial charge on any atom is -0.206 e. The van der Waals surface area contributed by atoms with E-state index < -0.39 is 12.0 Å². The topological polar surface area (TPSA) is 0 Å². The lowest BCUT2D eigenvalue weighted by molar-refractivity contribution is -0.0790. The summed E-state index contributed by atoms with van der Waals surface area (Å²) in [6.45, 7) is 2.23. The summed E-state index contributed by atoms with van der Waals surface area (Å²) in [4.78, 5) is 0. The van der Waals surface area contributed by atoms with E-state index >= 15 is 0 Å². The molecule has 1 aliphatic rings. The molecule has 0 aromatic heterocycles. The summed E-state index contributed by atoms with van der Waals surface area (Å²) in [6.07, 6.45) is 10.5. The van der Waals surface area contributed by atoms with E-state index in [0.29, 0.717) is 11.5 Å². The molecule has 1 saturated carbocycles. The number of rotatable bonds is 7. The summed E-state index contributed by atoms with van der Waals surface area (Å²) in [7, 11) is 0. The molecule has 0 nitrogen and oxygen atoms in total. The lowest BCUT2D eigenvalue weighted by atomic mass is 9.79. The Hall–Kier alpha value is -1.58. The number of halogens is 4. The molecule has 0 saturated heterocycles. The monoisotopic (exact) mass is 368 g/mol. The summed E-state index contributed by atoms with van der Waals surface area (Å²) in [5.74, 6) is 0.737. The molecule has 1 fully saturated rings. The highest BCUT2D eigenvalue weighted by Crippen LogP contribution is 2.33. The summed E-state index contributed by atoms with van der Waals surface area (Å²) >= 11 is 0. The second kappa shape index (κ2) is 9.94. The van der Waals surface area contributed by atoms with Crippen LogP contribution in [0.2, 0.25) is 0 Å². The lowest BCUT2D eigenvalue weighted by Gasteiger charge is -2.26. The van der Waals surface area contributed by atoms with Crippen LogP contribution in [0.3, 0.4) is 0 Å². The van der Waals surface area contributed by atoms with E-state index in [1.54, 1.807) is 6.07 Å². The average Bonchev–Trinajstić information content (AvgIpc) is 2.59. The van der Waals surface area contributed by atoms with Gasteiger partial charge in [-0.15, -0.1) is 0 Å². The van der Waals surface area contributed by atoms with E-state index in [1.165, 1.54) is 63.5 Å². The van der Waals surface area contributed by atoms with Gasteiger partial charge in [-0.2, -0.15) is 13.2 Å². The summed E-state index contributed by atoms with van der Waals surface area (Å²) < 4.78 is 50.5. The Kier molecular flexibility index (Phi) is 7.92. The fourth-order valence-electron chi connectivity index (χ4n) is 3.57. The van der Waals surface area contributed by atoms with Gasteiger partial charge in [0, 0.05) is 11.6 Å². The van der Waals surface area contributed by atoms with E-state index in [4.69, 9.17) is 0 Å². The van der Waals surface area contributed by atoms with Gasteiger partial charge in [0.15, 0.2) is 0 Å². The molecule has 0 bridgehead atoms. The van der Waals surface area contributed by atoms with Crippen LogP contribution in [-0.4, -0.2) is 6.18 Å². The molecule has 0 radical (unpaired) electrons. The molecular formula is C22H28F4. The van der Waals surface area contributed by atoms with Crippen LogP contribution in [0.4, 0.5) is 17.6 Å². The van der Waals surface area contributed by atoms with Crippen molar-refractivity contribution in [2.24, 2.45) is 11.8 Å². The number of unbranched alkanes of at least 4 members (excludes halogenated alkanes) is 2. The summed E-state index contributed by atoms with van der Waals surface area (Å²) in [5, 5.41) is 0. The molecule has 0 spiro atoms. The first kappa shape index (κ1) is 20.7. The van der Waals surface area contributed by atoms with Gasteiger partial charge in [0.1, 0.15) is 5.82 Å². The van der Waals surface area contributed by atoms with Gasteiger partial charge in [-0.3, -0.25) is 0 Å². The zero-order valence-electron chi connectivity index (χ0n) is 15.4. The maximum Gasteiger partial charge on any atom is 0.409 e. The highest BCUT2D eigenvalue weighted by Gasteiger charge is 2.22. The van der Waals surface area contributed by atoms with Crippen LogP contribution in [0.1, 0.15) is 69.4 Å². The van der Waals surface area contributed by atoms with Crippen LogP contribution in [0.25, 0.3) is 12.2 Å². The van der Waals surface area contributed by atoms with Gasteiger partial charge in [-0.25, -0.2) is 4.39 Å². The second-order valence-electron chi connectivity index (χ2n) is 7.29. The fourth-order valence-corrected chi connectivity index (χ4v) is 3.57. The van der Waals surface area contributed by atoms with Crippen molar-refractivity contribution in [3.8, 4) is 0 Å². The first-order valence-corrected chi connectivity index (χ1v) is 9.61. The fraction of sp³-hybridized carbons (Fsp3) is 0.545. The van der Waals surface area contributed by atoms with E-state index in [9.17, 15) is 17.6 Å². The zero-order chi connectivity index (χ0) is 19.0.